The highest BCUT2D eigenvalue weighted by atomic mass is 35.5. The van der Waals surface area contributed by atoms with E-state index >= 15 is 0 Å². The maximum absolute atomic E-state index is 6.15. The second-order valence-corrected chi connectivity index (χ2v) is 4.40. The van der Waals surface area contributed by atoms with Gasteiger partial charge < -0.3 is 11.1 Å². The average molecular weight is 263 g/mol. The Bertz CT molecular complexity index is 530. The highest BCUT2D eigenvalue weighted by Gasteiger charge is 2.15. The van der Waals surface area contributed by atoms with E-state index in [1.165, 1.54) is 0 Å². The third-order valence-electron chi connectivity index (χ3n) is 2.83. The van der Waals surface area contributed by atoms with Gasteiger partial charge in [0.15, 0.2) is 0 Å². The first-order valence-corrected chi connectivity index (χ1v) is 6.06. The number of nitrogen functional groups attached to an aromatic ring is 1. The molecule has 18 heavy (non-hydrogen) atoms. The molecule has 0 spiro atoms. The molecule has 0 bridgehead atoms. The zero-order chi connectivity index (χ0) is 13.0. The predicted molar refractivity (Wildman–Crippen MR) is 73.4 cm³/mol. The Balaban J connectivity index is 2.26. The third kappa shape index (κ3) is 2.78. The first-order chi connectivity index (χ1) is 8.72. The van der Waals surface area contributed by atoms with Gasteiger partial charge in [0.2, 0.25) is 0 Å². The molecule has 0 fully saturated rings. The number of aromatic nitrogens is 2. The summed E-state index contributed by atoms with van der Waals surface area (Å²) in [4.78, 5) is 8.41. The summed E-state index contributed by atoms with van der Waals surface area (Å²) in [5.74, 6) is 0. The number of anilines is 1. The molecule has 0 aromatic carbocycles. The van der Waals surface area contributed by atoms with Crippen molar-refractivity contribution in [3.05, 3.63) is 53.1 Å². The maximum Gasteiger partial charge on any atom is 0.0762 e. The summed E-state index contributed by atoms with van der Waals surface area (Å²) in [7, 11) is 1.88. The van der Waals surface area contributed by atoms with E-state index in [-0.39, 0.29) is 6.04 Å². The van der Waals surface area contributed by atoms with Crippen molar-refractivity contribution in [2.75, 3.05) is 12.8 Å². The number of nitrogens with two attached hydrogens (primary N) is 1. The van der Waals surface area contributed by atoms with Gasteiger partial charge in [-0.3, -0.25) is 9.97 Å². The number of rotatable bonds is 4. The molecule has 0 aliphatic rings. The lowest BCUT2D eigenvalue weighted by atomic mass is 10.0. The predicted octanol–water partition coefficient (Wildman–Crippen LogP) is 2.22. The second-order valence-electron chi connectivity index (χ2n) is 3.99. The molecule has 2 aromatic heterocycles. The van der Waals surface area contributed by atoms with Crippen molar-refractivity contribution in [2.24, 2.45) is 0 Å². The maximum atomic E-state index is 6.15. The van der Waals surface area contributed by atoms with E-state index in [0.29, 0.717) is 11.4 Å². The summed E-state index contributed by atoms with van der Waals surface area (Å²) < 4.78 is 0. The van der Waals surface area contributed by atoms with Crippen molar-refractivity contribution in [2.45, 2.75) is 12.5 Å². The second kappa shape index (κ2) is 5.80. The van der Waals surface area contributed by atoms with Gasteiger partial charge in [0, 0.05) is 24.3 Å². The molecule has 0 radical (unpaired) electrons. The molecule has 1 atom stereocenters. The molecule has 5 heteroatoms. The van der Waals surface area contributed by atoms with E-state index in [9.17, 15) is 0 Å². The Morgan fingerprint density at radius 2 is 2.22 bits per heavy atom. The number of hydrogen-bond acceptors (Lipinski definition) is 4. The Hall–Kier alpha value is -1.65. The van der Waals surface area contributed by atoms with Crippen LogP contribution in [-0.4, -0.2) is 17.0 Å². The molecule has 0 aliphatic heterocycles. The van der Waals surface area contributed by atoms with E-state index in [1.54, 1.807) is 24.7 Å². The van der Waals surface area contributed by atoms with Gasteiger partial charge in [0.25, 0.3) is 0 Å². The van der Waals surface area contributed by atoms with Crippen LogP contribution in [0, 0.1) is 0 Å². The number of nitrogens with one attached hydrogen (secondary N) is 1. The van der Waals surface area contributed by atoms with Gasteiger partial charge in [-0.05, 0) is 37.2 Å². The highest BCUT2D eigenvalue weighted by molar-refractivity contribution is 6.31. The van der Waals surface area contributed by atoms with Crippen molar-refractivity contribution >= 4 is 17.3 Å². The van der Waals surface area contributed by atoms with Gasteiger partial charge in [-0.1, -0.05) is 11.6 Å². The summed E-state index contributed by atoms with van der Waals surface area (Å²) in [6, 6.07) is 5.46. The van der Waals surface area contributed by atoms with Crippen LogP contribution in [0.25, 0.3) is 0 Å². The number of nitrogens with zero attached hydrogens (tertiary/aromatic N) is 2. The SMILES string of the molecule is CNC(Cc1cnccc1N)c1ncccc1Cl. The topological polar surface area (TPSA) is 63.8 Å². The minimum absolute atomic E-state index is 0.0187. The summed E-state index contributed by atoms with van der Waals surface area (Å²) in [6.45, 7) is 0. The summed E-state index contributed by atoms with van der Waals surface area (Å²) in [6.07, 6.45) is 5.89. The minimum Gasteiger partial charge on any atom is -0.398 e. The lowest BCUT2D eigenvalue weighted by Crippen LogP contribution is -2.21. The molecule has 4 nitrogen and oxygen atoms in total. The molecule has 94 valence electrons. The molecular weight excluding hydrogens is 248 g/mol. The van der Waals surface area contributed by atoms with Crippen LogP contribution in [0.1, 0.15) is 17.3 Å². The van der Waals surface area contributed by atoms with Gasteiger partial charge >= 0.3 is 0 Å². The number of hydrogen-bond donors (Lipinski definition) is 2. The average Bonchev–Trinajstić information content (AvgIpc) is 2.39. The van der Waals surface area contributed by atoms with Gasteiger partial charge in [-0.2, -0.15) is 0 Å². The van der Waals surface area contributed by atoms with Crippen molar-refractivity contribution < 1.29 is 0 Å². The fourth-order valence-corrected chi connectivity index (χ4v) is 2.07. The molecule has 0 saturated carbocycles. The zero-order valence-corrected chi connectivity index (χ0v) is 10.9. The fraction of sp³-hybridized carbons (Fsp3) is 0.231. The summed E-state index contributed by atoms with van der Waals surface area (Å²) in [5.41, 5.74) is 8.46. The third-order valence-corrected chi connectivity index (χ3v) is 3.15. The smallest absolute Gasteiger partial charge is 0.0762 e. The van der Waals surface area contributed by atoms with Crippen molar-refractivity contribution in [3.63, 3.8) is 0 Å². The number of likely N-dealkylation sites (N-methyl/N-ethyl adjacent to an activating group) is 1. The Morgan fingerprint density at radius 1 is 1.39 bits per heavy atom. The molecular formula is C13H15ClN4. The van der Waals surface area contributed by atoms with E-state index < -0.39 is 0 Å². The Kier molecular flexibility index (Phi) is 4.12. The lowest BCUT2D eigenvalue weighted by Gasteiger charge is -2.17. The van der Waals surface area contributed by atoms with E-state index in [0.717, 1.165) is 16.9 Å². The van der Waals surface area contributed by atoms with Crippen LogP contribution in [0.5, 0.6) is 0 Å². The van der Waals surface area contributed by atoms with Crippen LogP contribution >= 0.6 is 11.6 Å². The number of halogens is 1. The summed E-state index contributed by atoms with van der Waals surface area (Å²) in [5, 5.41) is 3.86. The molecule has 2 heterocycles. The highest BCUT2D eigenvalue weighted by Crippen LogP contribution is 2.24. The van der Waals surface area contributed by atoms with Crippen LogP contribution < -0.4 is 11.1 Å². The molecule has 0 saturated heterocycles. The van der Waals surface area contributed by atoms with Crippen molar-refractivity contribution in [1.29, 1.82) is 0 Å². The van der Waals surface area contributed by atoms with Crippen LogP contribution in [-0.2, 0) is 6.42 Å². The largest absolute Gasteiger partial charge is 0.398 e. The zero-order valence-electron chi connectivity index (χ0n) is 10.1. The van der Waals surface area contributed by atoms with E-state index in [2.05, 4.69) is 15.3 Å². The van der Waals surface area contributed by atoms with Crippen molar-refractivity contribution in [1.82, 2.24) is 15.3 Å². The normalized spacial score (nSPS) is 12.3. The van der Waals surface area contributed by atoms with E-state index in [4.69, 9.17) is 17.3 Å². The molecule has 3 N–H and O–H groups in total. The molecule has 2 rings (SSSR count). The minimum atomic E-state index is 0.0187. The van der Waals surface area contributed by atoms with Gasteiger partial charge in [-0.15, -0.1) is 0 Å². The van der Waals surface area contributed by atoms with Crippen LogP contribution in [0.4, 0.5) is 5.69 Å². The molecule has 0 amide bonds. The van der Waals surface area contributed by atoms with Gasteiger partial charge in [0.1, 0.15) is 0 Å². The summed E-state index contributed by atoms with van der Waals surface area (Å²) >= 11 is 6.15. The fourth-order valence-electron chi connectivity index (χ4n) is 1.82. The van der Waals surface area contributed by atoms with Crippen LogP contribution in [0.3, 0.4) is 0 Å². The number of pyridine rings is 2. The molecule has 0 aliphatic carbocycles. The van der Waals surface area contributed by atoms with Crippen LogP contribution in [0.2, 0.25) is 5.02 Å². The first-order valence-electron chi connectivity index (χ1n) is 5.68. The molecule has 2 aromatic rings. The Morgan fingerprint density at radius 3 is 2.89 bits per heavy atom. The monoisotopic (exact) mass is 262 g/mol. The lowest BCUT2D eigenvalue weighted by molar-refractivity contribution is 0.576. The van der Waals surface area contributed by atoms with Crippen LogP contribution in [0.15, 0.2) is 36.8 Å². The van der Waals surface area contributed by atoms with Gasteiger partial charge in [-0.25, -0.2) is 0 Å². The quantitative estimate of drug-likeness (QED) is 0.887. The first kappa shape index (κ1) is 12.8. The van der Waals surface area contributed by atoms with E-state index in [1.807, 2.05) is 19.2 Å². The Labute approximate surface area is 111 Å². The van der Waals surface area contributed by atoms with Gasteiger partial charge in [0.05, 0.1) is 16.8 Å². The molecule has 1 unspecified atom stereocenters. The van der Waals surface area contributed by atoms with Crippen molar-refractivity contribution in [3.8, 4) is 0 Å². The standard InChI is InChI=1S/C13H15ClN4/c1-16-12(13-10(14)3-2-5-18-13)7-9-8-17-6-4-11(9)15/h2-6,8,12,16H,7H2,1H3,(H2,15,17).